The topological polar surface area (TPSA) is 51.0 Å². The minimum absolute atomic E-state index is 0.601. The Morgan fingerprint density at radius 3 is 2.53 bits per heavy atom. The van der Waals surface area contributed by atoms with Gasteiger partial charge in [-0.15, -0.1) is 0 Å². The lowest BCUT2D eigenvalue weighted by Crippen LogP contribution is -2.36. The second-order valence-corrected chi connectivity index (χ2v) is 5.44. The van der Waals surface area contributed by atoms with Crippen molar-refractivity contribution in [2.75, 3.05) is 72.7 Å². The van der Waals surface area contributed by atoms with Crippen LogP contribution in [0.5, 0.6) is 0 Å². The van der Waals surface area contributed by atoms with Gasteiger partial charge in [-0.25, -0.2) is 0 Å². The van der Waals surface area contributed by atoms with Gasteiger partial charge in [-0.2, -0.15) is 0 Å². The third-order valence-electron chi connectivity index (χ3n) is 3.64. The van der Waals surface area contributed by atoms with Crippen molar-refractivity contribution in [1.29, 1.82) is 0 Å². The van der Waals surface area contributed by atoms with Crippen LogP contribution < -0.4 is 5.73 Å². The molecule has 19 heavy (non-hydrogen) atoms. The highest BCUT2D eigenvalue weighted by molar-refractivity contribution is 4.71. The number of nitrogens with zero attached hydrogens (tertiary/aromatic N) is 2. The Bertz CT molecular complexity index is 217. The highest BCUT2D eigenvalue weighted by Crippen LogP contribution is 2.05. The molecule has 0 bridgehead atoms. The summed E-state index contributed by atoms with van der Waals surface area (Å²) >= 11 is 0. The smallest absolute Gasteiger partial charge is 0.0700 e. The summed E-state index contributed by atoms with van der Waals surface area (Å²) in [4.78, 5) is 5.04. The molecule has 0 aliphatic carbocycles. The van der Waals surface area contributed by atoms with Crippen LogP contribution in [0.25, 0.3) is 0 Å². The van der Waals surface area contributed by atoms with Gasteiger partial charge in [0.1, 0.15) is 0 Å². The third kappa shape index (κ3) is 7.84. The number of ether oxygens (including phenoxy) is 2. The fourth-order valence-corrected chi connectivity index (χ4v) is 2.38. The van der Waals surface area contributed by atoms with Gasteiger partial charge in [0.2, 0.25) is 0 Å². The minimum atomic E-state index is 0.601. The van der Waals surface area contributed by atoms with Crippen LogP contribution in [-0.4, -0.2) is 82.5 Å². The summed E-state index contributed by atoms with van der Waals surface area (Å²) in [5.74, 6) is 0.601. The molecule has 0 amide bonds. The van der Waals surface area contributed by atoms with Crippen LogP contribution in [0.4, 0.5) is 0 Å². The van der Waals surface area contributed by atoms with Crippen LogP contribution in [0.2, 0.25) is 0 Å². The summed E-state index contributed by atoms with van der Waals surface area (Å²) in [6.07, 6.45) is 1.25. The zero-order chi connectivity index (χ0) is 13.9. The van der Waals surface area contributed by atoms with E-state index in [4.69, 9.17) is 15.2 Å². The van der Waals surface area contributed by atoms with Crippen molar-refractivity contribution in [3.8, 4) is 0 Å². The summed E-state index contributed by atoms with van der Waals surface area (Å²) in [6, 6.07) is 0. The Hall–Kier alpha value is -0.200. The summed E-state index contributed by atoms with van der Waals surface area (Å²) in [5, 5.41) is 0. The van der Waals surface area contributed by atoms with E-state index in [1.165, 1.54) is 19.5 Å². The third-order valence-corrected chi connectivity index (χ3v) is 3.64. The Labute approximate surface area is 118 Å². The van der Waals surface area contributed by atoms with E-state index in [1.807, 2.05) is 0 Å². The van der Waals surface area contributed by atoms with Crippen LogP contribution in [0.1, 0.15) is 13.3 Å². The summed E-state index contributed by atoms with van der Waals surface area (Å²) < 4.78 is 10.5. The van der Waals surface area contributed by atoms with Gasteiger partial charge in [0.05, 0.1) is 19.8 Å². The maximum Gasteiger partial charge on any atom is 0.0700 e. The molecule has 0 aromatic rings. The first-order valence-corrected chi connectivity index (χ1v) is 7.47. The predicted octanol–water partition coefficient (Wildman–Crippen LogP) is 0.252. The minimum Gasteiger partial charge on any atom is -0.382 e. The van der Waals surface area contributed by atoms with E-state index in [2.05, 4.69) is 16.7 Å². The fourth-order valence-electron chi connectivity index (χ4n) is 2.38. The van der Waals surface area contributed by atoms with Crippen molar-refractivity contribution in [2.45, 2.75) is 13.3 Å². The predicted molar refractivity (Wildman–Crippen MR) is 78.4 cm³/mol. The molecule has 1 aliphatic heterocycles. The number of nitrogens with two attached hydrogens (primary N) is 1. The lowest BCUT2D eigenvalue weighted by atomic mass is 10.1. The quantitative estimate of drug-likeness (QED) is 0.610. The lowest BCUT2D eigenvalue weighted by molar-refractivity contribution is 0.0576. The zero-order valence-corrected chi connectivity index (χ0v) is 12.6. The van der Waals surface area contributed by atoms with Gasteiger partial charge < -0.3 is 20.1 Å². The van der Waals surface area contributed by atoms with E-state index in [0.717, 1.165) is 39.3 Å². The molecule has 0 aromatic carbocycles. The van der Waals surface area contributed by atoms with Crippen molar-refractivity contribution >= 4 is 0 Å². The van der Waals surface area contributed by atoms with Crippen LogP contribution in [-0.2, 0) is 9.47 Å². The largest absolute Gasteiger partial charge is 0.382 e. The van der Waals surface area contributed by atoms with Gasteiger partial charge >= 0.3 is 0 Å². The second kappa shape index (κ2) is 10.6. The first-order chi connectivity index (χ1) is 9.26. The van der Waals surface area contributed by atoms with Gasteiger partial charge in [-0.1, -0.05) is 6.92 Å². The molecule has 0 spiro atoms. The van der Waals surface area contributed by atoms with Gasteiger partial charge in [0.15, 0.2) is 0 Å². The molecule has 1 heterocycles. The highest BCUT2D eigenvalue weighted by atomic mass is 16.5. The van der Waals surface area contributed by atoms with Crippen molar-refractivity contribution in [3.63, 3.8) is 0 Å². The molecule has 5 nitrogen and oxygen atoms in total. The molecule has 2 N–H and O–H groups in total. The van der Waals surface area contributed by atoms with E-state index in [1.54, 1.807) is 7.11 Å². The molecular formula is C14H31N3O2. The highest BCUT2D eigenvalue weighted by Gasteiger charge is 2.15. The first-order valence-electron chi connectivity index (χ1n) is 7.47. The first kappa shape index (κ1) is 16.9. The van der Waals surface area contributed by atoms with Crippen LogP contribution in [0.3, 0.4) is 0 Å². The summed E-state index contributed by atoms with van der Waals surface area (Å²) in [7, 11) is 1.70. The fraction of sp³-hybridized carbons (Fsp3) is 1.00. The Morgan fingerprint density at radius 2 is 1.79 bits per heavy atom. The van der Waals surface area contributed by atoms with Crippen LogP contribution in [0.15, 0.2) is 0 Å². The summed E-state index contributed by atoms with van der Waals surface area (Å²) in [5.41, 5.74) is 5.70. The van der Waals surface area contributed by atoms with Gasteiger partial charge in [-0.05, 0) is 32.0 Å². The monoisotopic (exact) mass is 273 g/mol. The van der Waals surface area contributed by atoms with Crippen LogP contribution in [0, 0.1) is 5.92 Å². The molecule has 0 saturated carbocycles. The molecule has 1 fully saturated rings. The second-order valence-electron chi connectivity index (χ2n) is 5.44. The molecule has 1 unspecified atom stereocenters. The zero-order valence-electron chi connectivity index (χ0n) is 12.6. The summed E-state index contributed by atoms with van der Waals surface area (Å²) in [6.45, 7) is 12.1. The molecule has 1 rings (SSSR count). The van der Waals surface area contributed by atoms with E-state index >= 15 is 0 Å². The standard InChI is InChI=1S/C14H31N3O2/c1-14(12-15)13-17-5-3-4-16(6-7-17)8-9-19-11-10-18-2/h14H,3-13,15H2,1-2H3. The molecule has 1 saturated heterocycles. The van der Waals surface area contributed by atoms with Crippen molar-refractivity contribution < 1.29 is 9.47 Å². The number of hydrogen-bond donors (Lipinski definition) is 1. The lowest BCUT2D eigenvalue weighted by Gasteiger charge is -2.24. The Kier molecular flexibility index (Phi) is 9.38. The Morgan fingerprint density at radius 1 is 1.05 bits per heavy atom. The molecule has 0 radical (unpaired) electrons. The number of methoxy groups -OCH3 is 1. The SMILES string of the molecule is COCCOCCN1CCCN(CC(C)CN)CC1. The van der Waals surface area contributed by atoms with Crippen molar-refractivity contribution in [1.82, 2.24) is 9.80 Å². The molecule has 0 aromatic heterocycles. The normalized spacial score (nSPS) is 20.4. The van der Waals surface area contributed by atoms with Crippen molar-refractivity contribution in [3.05, 3.63) is 0 Å². The van der Waals surface area contributed by atoms with E-state index in [0.29, 0.717) is 19.1 Å². The molecule has 1 atom stereocenters. The van der Waals surface area contributed by atoms with E-state index < -0.39 is 0 Å². The average Bonchev–Trinajstić information content (AvgIpc) is 2.64. The average molecular weight is 273 g/mol. The number of rotatable bonds is 9. The Balaban J connectivity index is 2.11. The van der Waals surface area contributed by atoms with Gasteiger partial charge in [0, 0.05) is 33.3 Å². The van der Waals surface area contributed by atoms with Crippen LogP contribution >= 0.6 is 0 Å². The van der Waals surface area contributed by atoms with E-state index in [9.17, 15) is 0 Å². The molecule has 5 heteroatoms. The maximum absolute atomic E-state index is 5.70. The number of hydrogen-bond acceptors (Lipinski definition) is 5. The molecular weight excluding hydrogens is 242 g/mol. The van der Waals surface area contributed by atoms with Gasteiger partial charge in [0.25, 0.3) is 0 Å². The maximum atomic E-state index is 5.70. The van der Waals surface area contributed by atoms with E-state index in [-0.39, 0.29) is 0 Å². The van der Waals surface area contributed by atoms with Crippen molar-refractivity contribution in [2.24, 2.45) is 11.7 Å². The molecule has 1 aliphatic rings. The van der Waals surface area contributed by atoms with Gasteiger partial charge in [-0.3, -0.25) is 4.90 Å². The molecule has 114 valence electrons.